The van der Waals surface area contributed by atoms with Crippen LogP contribution in [0.25, 0.3) is 0 Å². The first-order valence-corrected chi connectivity index (χ1v) is 12.1. The summed E-state index contributed by atoms with van der Waals surface area (Å²) in [6, 6.07) is 20.0. The average Bonchev–Trinajstić information content (AvgIpc) is 3.07. The Morgan fingerprint density at radius 3 is 2.31 bits per heavy atom. The van der Waals surface area contributed by atoms with E-state index in [2.05, 4.69) is 10.3 Å². The van der Waals surface area contributed by atoms with E-state index in [9.17, 15) is 13.2 Å². The number of nitrogens with zero attached hydrogens (tertiary/aromatic N) is 3. The van der Waals surface area contributed by atoms with E-state index in [1.165, 1.54) is 4.31 Å². The molecule has 0 fully saturated rings. The van der Waals surface area contributed by atoms with E-state index >= 15 is 0 Å². The van der Waals surface area contributed by atoms with E-state index in [0.29, 0.717) is 36.6 Å². The molecular formula is C24H26N4O3S. The van der Waals surface area contributed by atoms with Crippen LogP contribution in [-0.4, -0.2) is 41.6 Å². The molecule has 1 aromatic heterocycles. The van der Waals surface area contributed by atoms with Crippen LogP contribution in [0.3, 0.4) is 0 Å². The molecule has 0 saturated heterocycles. The Kier molecular flexibility index (Phi) is 6.25. The van der Waals surface area contributed by atoms with Crippen molar-refractivity contribution in [1.29, 1.82) is 0 Å². The monoisotopic (exact) mass is 450 g/mol. The van der Waals surface area contributed by atoms with Gasteiger partial charge in [-0.05, 0) is 42.0 Å². The van der Waals surface area contributed by atoms with E-state index in [-0.39, 0.29) is 10.8 Å². The molecule has 166 valence electrons. The van der Waals surface area contributed by atoms with Crippen molar-refractivity contribution >= 4 is 21.6 Å². The number of anilines is 1. The summed E-state index contributed by atoms with van der Waals surface area (Å²) in [7, 11) is -3.53. The molecule has 0 spiro atoms. The number of carbonyl (C=O) groups is 1. The molecule has 1 aliphatic heterocycles. The predicted molar refractivity (Wildman–Crippen MR) is 123 cm³/mol. The minimum Gasteiger partial charge on any atom is -0.360 e. The lowest BCUT2D eigenvalue weighted by atomic mass is 10.2. The van der Waals surface area contributed by atoms with Gasteiger partial charge in [0.25, 0.3) is 5.91 Å². The van der Waals surface area contributed by atoms with Gasteiger partial charge in [0.1, 0.15) is 6.17 Å². The highest BCUT2D eigenvalue weighted by Gasteiger charge is 2.37. The molecule has 1 aliphatic rings. The second-order valence-corrected chi connectivity index (χ2v) is 9.45. The molecule has 0 radical (unpaired) electrons. The lowest BCUT2D eigenvalue weighted by Gasteiger charge is -2.27. The molecule has 1 amide bonds. The number of nitrogens with one attached hydrogen (secondary N) is 1. The van der Waals surface area contributed by atoms with Gasteiger partial charge in [0.2, 0.25) is 10.0 Å². The Morgan fingerprint density at radius 2 is 1.66 bits per heavy atom. The standard InChI is InChI=1S/C24H26N4O3S/c1-3-27(4-2)32(30,31)20-14-12-19(13-15-20)26-23-22-21(11-8-16-25-22)24(29)28(23)17-18-9-6-5-7-10-18/h5-16,23,26H,3-4,17H2,1-2H3/t23-/m1/s1. The van der Waals surface area contributed by atoms with Gasteiger partial charge in [0.05, 0.1) is 16.2 Å². The SMILES string of the molecule is CCN(CC)S(=O)(=O)c1ccc(N[C@H]2c3ncccc3C(=O)N2Cc2ccccc2)cc1. The molecule has 0 saturated carbocycles. The second kappa shape index (κ2) is 9.10. The molecule has 1 atom stereocenters. The topological polar surface area (TPSA) is 82.6 Å². The summed E-state index contributed by atoms with van der Waals surface area (Å²) in [6.07, 6.45) is 1.22. The van der Waals surface area contributed by atoms with Crippen molar-refractivity contribution in [2.75, 3.05) is 18.4 Å². The van der Waals surface area contributed by atoms with E-state index in [0.717, 1.165) is 5.56 Å². The molecule has 3 aromatic rings. The fraction of sp³-hybridized carbons (Fsp3) is 0.250. The molecule has 2 aromatic carbocycles. The number of benzene rings is 2. The van der Waals surface area contributed by atoms with Gasteiger partial charge in [-0.25, -0.2) is 8.42 Å². The summed E-state index contributed by atoms with van der Waals surface area (Å²) in [4.78, 5) is 19.5. The van der Waals surface area contributed by atoms with E-state index < -0.39 is 16.2 Å². The maximum atomic E-state index is 13.1. The first-order valence-electron chi connectivity index (χ1n) is 10.6. The quantitative estimate of drug-likeness (QED) is 0.563. The van der Waals surface area contributed by atoms with Crippen LogP contribution in [0, 0.1) is 0 Å². The zero-order valence-electron chi connectivity index (χ0n) is 18.1. The van der Waals surface area contributed by atoms with Crippen molar-refractivity contribution in [2.24, 2.45) is 0 Å². The van der Waals surface area contributed by atoms with Gasteiger partial charge in [-0.2, -0.15) is 4.31 Å². The molecule has 0 bridgehead atoms. The predicted octanol–water partition coefficient (Wildman–Crippen LogP) is 3.88. The largest absolute Gasteiger partial charge is 0.360 e. The maximum absolute atomic E-state index is 13.1. The lowest BCUT2D eigenvalue weighted by molar-refractivity contribution is 0.0727. The Morgan fingerprint density at radius 1 is 0.969 bits per heavy atom. The van der Waals surface area contributed by atoms with Crippen LogP contribution >= 0.6 is 0 Å². The van der Waals surface area contributed by atoms with Gasteiger partial charge < -0.3 is 10.2 Å². The molecule has 4 rings (SSSR count). The Bertz CT molecular complexity index is 1190. The number of amides is 1. The first-order chi connectivity index (χ1) is 15.5. The van der Waals surface area contributed by atoms with Gasteiger partial charge in [-0.3, -0.25) is 9.78 Å². The van der Waals surface area contributed by atoms with Gasteiger partial charge in [-0.15, -0.1) is 0 Å². The number of carbonyl (C=O) groups excluding carboxylic acids is 1. The van der Waals surface area contributed by atoms with Crippen LogP contribution < -0.4 is 5.32 Å². The number of hydrogen-bond acceptors (Lipinski definition) is 5. The molecule has 0 unspecified atom stereocenters. The van der Waals surface area contributed by atoms with Crippen LogP contribution in [-0.2, 0) is 16.6 Å². The van der Waals surface area contributed by atoms with E-state index in [4.69, 9.17) is 0 Å². The zero-order valence-corrected chi connectivity index (χ0v) is 18.9. The maximum Gasteiger partial charge on any atom is 0.258 e. The Balaban J connectivity index is 1.62. The third-order valence-corrected chi connectivity index (χ3v) is 7.66. The third-order valence-electron chi connectivity index (χ3n) is 5.60. The summed E-state index contributed by atoms with van der Waals surface area (Å²) < 4.78 is 26.9. The van der Waals surface area contributed by atoms with Crippen LogP contribution in [0.1, 0.15) is 41.6 Å². The molecule has 2 heterocycles. The summed E-state index contributed by atoms with van der Waals surface area (Å²) in [5.41, 5.74) is 2.95. The van der Waals surface area contributed by atoms with E-state index in [1.807, 2.05) is 44.2 Å². The van der Waals surface area contributed by atoms with Gasteiger partial charge in [0.15, 0.2) is 0 Å². The minimum absolute atomic E-state index is 0.0878. The molecule has 8 heteroatoms. The van der Waals surface area contributed by atoms with Crippen molar-refractivity contribution in [1.82, 2.24) is 14.2 Å². The van der Waals surface area contributed by atoms with Gasteiger partial charge in [-0.1, -0.05) is 44.2 Å². The molecular weight excluding hydrogens is 424 g/mol. The number of hydrogen-bond donors (Lipinski definition) is 1. The summed E-state index contributed by atoms with van der Waals surface area (Å²) in [6.45, 7) is 4.90. The summed E-state index contributed by atoms with van der Waals surface area (Å²) in [5.74, 6) is -0.0878. The Labute approximate surface area is 188 Å². The summed E-state index contributed by atoms with van der Waals surface area (Å²) in [5, 5.41) is 3.37. The van der Waals surface area contributed by atoms with Gasteiger partial charge >= 0.3 is 0 Å². The number of fused-ring (bicyclic) bond motifs is 1. The van der Waals surface area contributed by atoms with Gasteiger partial charge in [0, 0.05) is 31.5 Å². The Hall–Kier alpha value is -3.23. The van der Waals surface area contributed by atoms with Crippen LogP contribution in [0.5, 0.6) is 0 Å². The minimum atomic E-state index is -3.53. The normalized spacial score (nSPS) is 15.8. The number of aromatic nitrogens is 1. The average molecular weight is 451 g/mol. The third kappa shape index (κ3) is 4.11. The molecule has 7 nitrogen and oxygen atoms in total. The highest BCUT2D eigenvalue weighted by atomic mass is 32.2. The van der Waals surface area contributed by atoms with E-state index in [1.54, 1.807) is 47.5 Å². The highest BCUT2D eigenvalue weighted by molar-refractivity contribution is 7.89. The fourth-order valence-electron chi connectivity index (χ4n) is 3.92. The molecule has 32 heavy (non-hydrogen) atoms. The van der Waals surface area contributed by atoms with Crippen LogP contribution in [0.2, 0.25) is 0 Å². The second-order valence-electron chi connectivity index (χ2n) is 7.52. The number of sulfonamides is 1. The smallest absolute Gasteiger partial charge is 0.258 e. The van der Waals surface area contributed by atoms with Crippen molar-refractivity contribution < 1.29 is 13.2 Å². The van der Waals surface area contributed by atoms with Crippen molar-refractivity contribution in [2.45, 2.75) is 31.5 Å². The highest BCUT2D eigenvalue weighted by Crippen LogP contribution is 2.34. The van der Waals surface area contributed by atoms with Crippen molar-refractivity contribution in [3.8, 4) is 0 Å². The molecule has 1 N–H and O–H groups in total. The zero-order chi connectivity index (χ0) is 22.7. The fourth-order valence-corrected chi connectivity index (χ4v) is 5.38. The van der Waals surface area contributed by atoms with Crippen LogP contribution in [0.15, 0.2) is 77.8 Å². The summed E-state index contributed by atoms with van der Waals surface area (Å²) >= 11 is 0. The lowest BCUT2D eigenvalue weighted by Crippen LogP contribution is -2.32. The first kappa shape index (κ1) is 22.0. The molecule has 0 aliphatic carbocycles. The van der Waals surface area contributed by atoms with Crippen LogP contribution in [0.4, 0.5) is 5.69 Å². The number of pyridine rings is 1. The van der Waals surface area contributed by atoms with Crippen molar-refractivity contribution in [3.05, 3.63) is 89.7 Å². The van der Waals surface area contributed by atoms with Crippen molar-refractivity contribution in [3.63, 3.8) is 0 Å². The number of rotatable bonds is 8.